The molecule has 1 saturated heterocycles. The zero-order valence-electron chi connectivity index (χ0n) is 16.3. The molecule has 0 spiro atoms. The van der Waals surface area contributed by atoms with Crippen LogP contribution in [0.5, 0.6) is 11.5 Å². The maximum absolute atomic E-state index is 13.1. The highest BCUT2D eigenvalue weighted by Gasteiger charge is 2.26. The average Bonchev–Trinajstić information content (AvgIpc) is 2.73. The van der Waals surface area contributed by atoms with Gasteiger partial charge < -0.3 is 14.8 Å². The van der Waals surface area contributed by atoms with Crippen molar-refractivity contribution in [3.63, 3.8) is 0 Å². The van der Waals surface area contributed by atoms with Crippen LogP contribution in [0.25, 0.3) is 0 Å². The molecule has 1 aliphatic heterocycles. The first-order valence-electron chi connectivity index (χ1n) is 9.25. The van der Waals surface area contributed by atoms with Crippen molar-refractivity contribution in [2.75, 3.05) is 31.6 Å². The second-order valence-electron chi connectivity index (χ2n) is 6.79. The molecule has 2 aromatic rings. The Kier molecular flexibility index (Phi) is 6.59. The number of hydrogen-bond acceptors (Lipinski definition) is 5. The largest absolute Gasteiger partial charge is 0.496 e. The summed E-state index contributed by atoms with van der Waals surface area (Å²) in [6, 6.07) is 10.3. The number of rotatable bonds is 7. The first-order valence-corrected chi connectivity index (χ1v) is 10.7. The highest BCUT2D eigenvalue weighted by Crippen LogP contribution is 2.34. The van der Waals surface area contributed by atoms with Crippen LogP contribution in [0.4, 0.5) is 14.5 Å². The van der Waals surface area contributed by atoms with Gasteiger partial charge in [0.2, 0.25) is 0 Å². The third kappa shape index (κ3) is 4.79. The molecule has 1 aliphatic rings. The quantitative estimate of drug-likeness (QED) is 0.733. The van der Waals surface area contributed by atoms with Crippen LogP contribution in [0, 0.1) is 0 Å². The Morgan fingerprint density at radius 3 is 2.48 bits per heavy atom. The van der Waals surface area contributed by atoms with Crippen molar-refractivity contribution in [3.8, 4) is 11.5 Å². The van der Waals surface area contributed by atoms with E-state index >= 15 is 0 Å². The topological polar surface area (TPSA) is 67.9 Å². The van der Waals surface area contributed by atoms with Gasteiger partial charge in [0, 0.05) is 19.5 Å². The van der Waals surface area contributed by atoms with Gasteiger partial charge in [-0.3, -0.25) is 4.31 Å². The summed E-state index contributed by atoms with van der Waals surface area (Å²) in [4.78, 5) is 0.147. The zero-order valence-corrected chi connectivity index (χ0v) is 17.1. The van der Waals surface area contributed by atoms with Crippen LogP contribution in [0.2, 0.25) is 0 Å². The molecule has 1 fully saturated rings. The lowest BCUT2D eigenvalue weighted by Gasteiger charge is -2.26. The second kappa shape index (κ2) is 8.96. The molecule has 0 aromatic heterocycles. The summed E-state index contributed by atoms with van der Waals surface area (Å²) in [5.41, 5.74) is 1.19. The molecular weight excluding hydrogens is 402 g/mol. The molecule has 1 N–H and O–H groups in total. The molecule has 0 radical (unpaired) electrons. The molecule has 0 amide bonds. The van der Waals surface area contributed by atoms with E-state index in [1.165, 1.54) is 37.4 Å². The van der Waals surface area contributed by atoms with Crippen molar-refractivity contribution in [2.24, 2.45) is 0 Å². The number of methoxy groups -OCH3 is 1. The monoisotopic (exact) mass is 426 g/mol. The van der Waals surface area contributed by atoms with E-state index in [2.05, 4.69) is 10.1 Å². The Labute approximate surface area is 169 Å². The van der Waals surface area contributed by atoms with Crippen LogP contribution in [0.15, 0.2) is 47.4 Å². The average molecular weight is 426 g/mol. The summed E-state index contributed by atoms with van der Waals surface area (Å²) >= 11 is 0. The lowest BCUT2D eigenvalue weighted by Crippen LogP contribution is -2.29. The van der Waals surface area contributed by atoms with Gasteiger partial charge in [0.25, 0.3) is 10.0 Å². The molecule has 1 heterocycles. The van der Waals surface area contributed by atoms with Crippen LogP contribution in [-0.2, 0) is 10.0 Å². The molecule has 0 aliphatic carbocycles. The minimum absolute atomic E-state index is 0.0360. The molecule has 6 nitrogen and oxygen atoms in total. The summed E-state index contributed by atoms with van der Waals surface area (Å²) in [6.45, 7) is -1.22. The summed E-state index contributed by atoms with van der Waals surface area (Å²) in [5, 5.41) is 3.33. The van der Waals surface area contributed by atoms with Crippen molar-refractivity contribution >= 4 is 15.7 Å². The van der Waals surface area contributed by atoms with E-state index in [0.717, 1.165) is 35.8 Å². The summed E-state index contributed by atoms with van der Waals surface area (Å²) in [7, 11) is -0.857. The summed E-state index contributed by atoms with van der Waals surface area (Å²) < 4.78 is 61.8. The van der Waals surface area contributed by atoms with Gasteiger partial charge in [0.05, 0.1) is 17.7 Å². The number of piperidine rings is 1. The van der Waals surface area contributed by atoms with Crippen molar-refractivity contribution in [1.29, 1.82) is 0 Å². The molecule has 1 atom stereocenters. The van der Waals surface area contributed by atoms with Gasteiger partial charge in [-0.25, -0.2) is 8.42 Å². The van der Waals surface area contributed by atoms with Gasteiger partial charge in [-0.1, -0.05) is 0 Å². The van der Waals surface area contributed by atoms with E-state index in [4.69, 9.17) is 4.74 Å². The minimum Gasteiger partial charge on any atom is -0.496 e. The molecule has 2 aromatic carbocycles. The van der Waals surface area contributed by atoms with E-state index in [1.807, 2.05) is 0 Å². The van der Waals surface area contributed by atoms with Gasteiger partial charge in [-0.15, -0.1) is 0 Å². The van der Waals surface area contributed by atoms with Crippen LogP contribution in [-0.4, -0.2) is 42.3 Å². The molecule has 1 unspecified atom stereocenters. The molecular formula is C20H24F2N2O4S. The standard InChI is InChI=1S/C20H24F2N2O4S/c1-24(15-5-7-16(8-6-15)28-20(21)22)29(25,26)17-9-10-19(27-2)18(12-17)14-4-3-11-23-13-14/h5-10,12,14,20,23H,3-4,11,13H2,1-2H3. The van der Waals surface area contributed by atoms with Crippen LogP contribution in [0.1, 0.15) is 24.3 Å². The van der Waals surface area contributed by atoms with E-state index in [-0.39, 0.29) is 16.6 Å². The number of hydrogen-bond donors (Lipinski definition) is 1. The lowest BCUT2D eigenvalue weighted by molar-refractivity contribution is -0.0498. The highest BCUT2D eigenvalue weighted by molar-refractivity contribution is 7.92. The van der Waals surface area contributed by atoms with Gasteiger partial charge in [0.1, 0.15) is 11.5 Å². The van der Waals surface area contributed by atoms with E-state index in [1.54, 1.807) is 19.2 Å². The Hall–Kier alpha value is -2.39. The van der Waals surface area contributed by atoms with E-state index < -0.39 is 16.6 Å². The number of halogens is 2. The lowest BCUT2D eigenvalue weighted by atomic mass is 9.91. The first-order chi connectivity index (χ1) is 13.8. The second-order valence-corrected chi connectivity index (χ2v) is 8.76. The summed E-state index contributed by atoms with van der Waals surface area (Å²) in [5.74, 6) is 0.796. The fourth-order valence-corrected chi connectivity index (χ4v) is 4.67. The Morgan fingerprint density at radius 2 is 1.90 bits per heavy atom. The van der Waals surface area contributed by atoms with Gasteiger partial charge in [-0.05, 0) is 67.4 Å². The predicted molar refractivity (Wildman–Crippen MR) is 107 cm³/mol. The number of nitrogens with one attached hydrogen (secondary N) is 1. The van der Waals surface area contributed by atoms with E-state index in [0.29, 0.717) is 11.4 Å². The van der Waals surface area contributed by atoms with Gasteiger partial charge in [-0.2, -0.15) is 8.78 Å². The Morgan fingerprint density at radius 1 is 1.17 bits per heavy atom. The minimum atomic E-state index is -3.85. The molecule has 3 rings (SSSR count). The number of nitrogens with zero attached hydrogens (tertiary/aromatic N) is 1. The van der Waals surface area contributed by atoms with Crippen LogP contribution < -0.4 is 19.1 Å². The first kappa shape index (κ1) is 21.3. The van der Waals surface area contributed by atoms with Crippen molar-refractivity contribution in [1.82, 2.24) is 5.32 Å². The zero-order chi connectivity index (χ0) is 21.0. The fraction of sp³-hybridized carbons (Fsp3) is 0.400. The normalized spacial score (nSPS) is 17.2. The SMILES string of the molecule is COc1ccc(S(=O)(=O)N(C)c2ccc(OC(F)F)cc2)cc1C1CCCNC1. The van der Waals surface area contributed by atoms with Crippen molar-refractivity contribution < 1.29 is 26.7 Å². The maximum atomic E-state index is 13.1. The molecule has 158 valence electrons. The number of alkyl halides is 2. The van der Waals surface area contributed by atoms with Gasteiger partial charge >= 0.3 is 6.61 Å². The molecule has 0 saturated carbocycles. The molecule has 29 heavy (non-hydrogen) atoms. The predicted octanol–water partition coefficient (Wildman–Crippen LogP) is 3.59. The highest BCUT2D eigenvalue weighted by atomic mass is 32.2. The third-order valence-electron chi connectivity index (χ3n) is 5.02. The van der Waals surface area contributed by atoms with Crippen molar-refractivity contribution in [3.05, 3.63) is 48.0 Å². The van der Waals surface area contributed by atoms with E-state index in [9.17, 15) is 17.2 Å². The summed E-state index contributed by atoms with van der Waals surface area (Å²) in [6.07, 6.45) is 1.96. The van der Waals surface area contributed by atoms with Crippen LogP contribution in [0.3, 0.4) is 0 Å². The number of benzene rings is 2. The molecule has 9 heteroatoms. The Balaban J connectivity index is 1.89. The van der Waals surface area contributed by atoms with Gasteiger partial charge in [0.15, 0.2) is 0 Å². The smallest absolute Gasteiger partial charge is 0.387 e. The van der Waals surface area contributed by atoms with Crippen molar-refractivity contribution in [2.45, 2.75) is 30.3 Å². The number of sulfonamides is 1. The molecule has 0 bridgehead atoms. The number of anilines is 1. The van der Waals surface area contributed by atoms with Crippen LogP contribution >= 0.6 is 0 Å². The third-order valence-corrected chi connectivity index (χ3v) is 6.80. The Bertz CT molecular complexity index is 930. The maximum Gasteiger partial charge on any atom is 0.387 e. The number of ether oxygens (including phenoxy) is 2. The fourth-order valence-electron chi connectivity index (χ4n) is 3.44.